The Morgan fingerprint density at radius 1 is 1.33 bits per heavy atom. The van der Waals surface area contributed by atoms with Gasteiger partial charge in [-0.15, -0.1) is 0 Å². The van der Waals surface area contributed by atoms with E-state index >= 15 is 0 Å². The third kappa shape index (κ3) is 4.26. The molecule has 0 saturated heterocycles. The number of ether oxygens (including phenoxy) is 2. The summed E-state index contributed by atoms with van der Waals surface area (Å²) in [6.07, 6.45) is 0.719. The summed E-state index contributed by atoms with van der Waals surface area (Å²) in [5, 5.41) is 9.43. The predicted molar refractivity (Wildman–Crippen MR) is 52.7 cm³/mol. The molecule has 0 amide bonds. The number of esters is 2. The van der Waals surface area contributed by atoms with Crippen molar-refractivity contribution >= 4 is 18.2 Å². The zero-order valence-corrected chi connectivity index (χ0v) is 8.81. The second-order valence-corrected chi connectivity index (χ2v) is 2.49. The minimum absolute atomic E-state index is 0.162. The largest absolute Gasteiger partial charge is 0.511 e. The Kier molecular flexibility index (Phi) is 5.77. The first-order valence-corrected chi connectivity index (χ1v) is 4.06. The SMILES string of the molecule is CN=C/C(C(=O)OC)=C(/O)CC(=O)OC. The molecule has 6 heteroatoms. The van der Waals surface area contributed by atoms with Crippen molar-refractivity contribution in [3.8, 4) is 0 Å². The zero-order valence-electron chi connectivity index (χ0n) is 8.81. The molecule has 0 bridgehead atoms. The van der Waals surface area contributed by atoms with E-state index in [0.717, 1.165) is 13.3 Å². The molecule has 0 rings (SSSR count). The summed E-state index contributed by atoms with van der Waals surface area (Å²) >= 11 is 0. The maximum atomic E-state index is 11.1. The van der Waals surface area contributed by atoms with Gasteiger partial charge in [-0.1, -0.05) is 0 Å². The van der Waals surface area contributed by atoms with Gasteiger partial charge in [-0.05, 0) is 0 Å². The lowest BCUT2D eigenvalue weighted by molar-refractivity contribution is -0.140. The summed E-state index contributed by atoms with van der Waals surface area (Å²) in [6, 6.07) is 0. The van der Waals surface area contributed by atoms with Gasteiger partial charge in [-0.25, -0.2) is 4.79 Å². The molecule has 6 nitrogen and oxygen atoms in total. The molecule has 0 aromatic heterocycles. The first-order chi connectivity index (χ1) is 7.06. The van der Waals surface area contributed by atoms with Crippen LogP contribution in [-0.2, 0) is 19.1 Å². The Balaban J connectivity index is 4.91. The van der Waals surface area contributed by atoms with Crippen LogP contribution in [0.3, 0.4) is 0 Å². The van der Waals surface area contributed by atoms with E-state index in [0.29, 0.717) is 0 Å². The highest BCUT2D eigenvalue weighted by atomic mass is 16.5. The predicted octanol–water partition coefficient (Wildman–Crippen LogP) is 0.235. The molecule has 0 spiro atoms. The van der Waals surface area contributed by atoms with Crippen LogP contribution in [0.15, 0.2) is 16.3 Å². The van der Waals surface area contributed by atoms with Crippen LogP contribution < -0.4 is 0 Å². The zero-order chi connectivity index (χ0) is 11.8. The van der Waals surface area contributed by atoms with Crippen molar-refractivity contribution in [2.45, 2.75) is 6.42 Å². The lowest BCUT2D eigenvalue weighted by atomic mass is 10.2. The molecule has 0 atom stereocenters. The van der Waals surface area contributed by atoms with Crippen molar-refractivity contribution in [1.82, 2.24) is 0 Å². The maximum Gasteiger partial charge on any atom is 0.342 e. The Morgan fingerprint density at radius 2 is 1.93 bits per heavy atom. The maximum absolute atomic E-state index is 11.1. The van der Waals surface area contributed by atoms with Gasteiger partial charge in [0.2, 0.25) is 0 Å². The van der Waals surface area contributed by atoms with E-state index in [2.05, 4.69) is 14.5 Å². The number of hydrogen-bond donors (Lipinski definition) is 1. The van der Waals surface area contributed by atoms with E-state index in [4.69, 9.17) is 0 Å². The molecular weight excluding hydrogens is 202 g/mol. The van der Waals surface area contributed by atoms with Crippen LogP contribution in [-0.4, -0.2) is 44.5 Å². The number of hydrogen-bond acceptors (Lipinski definition) is 6. The minimum atomic E-state index is -0.762. The van der Waals surface area contributed by atoms with Gasteiger partial charge in [0, 0.05) is 13.3 Å². The van der Waals surface area contributed by atoms with Crippen LogP contribution in [0.5, 0.6) is 0 Å². The molecule has 0 aliphatic heterocycles. The van der Waals surface area contributed by atoms with Crippen LogP contribution in [0.2, 0.25) is 0 Å². The van der Waals surface area contributed by atoms with Gasteiger partial charge in [-0.2, -0.15) is 0 Å². The summed E-state index contributed by atoms with van der Waals surface area (Å²) in [6.45, 7) is 0. The number of aliphatic hydroxyl groups excluding tert-OH is 1. The Morgan fingerprint density at radius 3 is 2.33 bits per heavy atom. The highest BCUT2D eigenvalue weighted by Crippen LogP contribution is 2.06. The third-order valence-electron chi connectivity index (χ3n) is 1.51. The Bertz CT molecular complexity index is 306. The Hall–Kier alpha value is -1.85. The number of aliphatic imine (C=N–C) groups is 1. The smallest absolute Gasteiger partial charge is 0.342 e. The van der Waals surface area contributed by atoms with Gasteiger partial charge in [0.15, 0.2) is 0 Å². The quantitative estimate of drug-likeness (QED) is 0.314. The van der Waals surface area contributed by atoms with Crippen LogP contribution in [0.1, 0.15) is 6.42 Å². The average Bonchev–Trinajstić information content (AvgIpc) is 2.24. The molecule has 0 aromatic rings. The number of carbonyl (C=O) groups is 2. The van der Waals surface area contributed by atoms with Crippen LogP contribution in [0.25, 0.3) is 0 Å². The molecule has 0 saturated carbocycles. The van der Waals surface area contributed by atoms with Gasteiger partial charge in [-0.3, -0.25) is 9.79 Å². The van der Waals surface area contributed by atoms with Crippen LogP contribution in [0.4, 0.5) is 0 Å². The first kappa shape index (κ1) is 13.2. The molecule has 0 fully saturated rings. The first-order valence-electron chi connectivity index (χ1n) is 4.06. The molecule has 0 unspecified atom stereocenters. The summed E-state index contributed by atoms with van der Waals surface area (Å²) in [5.41, 5.74) is -0.162. The molecule has 0 radical (unpaired) electrons. The summed E-state index contributed by atoms with van der Waals surface area (Å²) < 4.78 is 8.73. The number of aliphatic hydroxyl groups is 1. The number of carbonyl (C=O) groups excluding carboxylic acids is 2. The monoisotopic (exact) mass is 215 g/mol. The van der Waals surface area contributed by atoms with Gasteiger partial charge >= 0.3 is 11.9 Å². The third-order valence-corrected chi connectivity index (χ3v) is 1.51. The van der Waals surface area contributed by atoms with Gasteiger partial charge in [0.1, 0.15) is 17.8 Å². The molecule has 0 aromatic carbocycles. The fourth-order valence-electron chi connectivity index (χ4n) is 0.788. The van der Waals surface area contributed by atoms with Gasteiger partial charge < -0.3 is 14.6 Å². The van der Waals surface area contributed by atoms with E-state index in [1.165, 1.54) is 14.2 Å². The minimum Gasteiger partial charge on any atom is -0.511 e. The number of methoxy groups -OCH3 is 2. The molecule has 15 heavy (non-hydrogen) atoms. The van der Waals surface area contributed by atoms with E-state index in [1.54, 1.807) is 0 Å². The lowest BCUT2D eigenvalue weighted by Gasteiger charge is -2.03. The summed E-state index contributed by atoms with van der Waals surface area (Å²) in [7, 11) is 3.77. The topological polar surface area (TPSA) is 85.2 Å². The molecule has 84 valence electrons. The average molecular weight is 215 g/mol. The fraction of sp³-hybridized carbons (Fsp3) is 0.444. The molecule has 0 aliphatic carbocycles. The van der Waals surface area contributed by atoms with Crippen molar-refractivity contribution < 1.29 is 24.2 Å². The van der Waals surface area contributed by atoms with Gasteiger partial charge in [0.25, 0.3) is 0 Å². The second kappa shape index (κ2) is 6.58. The normalized spacial score (nSPS) is 12.2. The van der Waals surface area contributed by atoms with E-state index < -0.39 is 24.1 Å². The summed E-state index contributed by atoms with van der Waals surface area (Å²) in [5.74, 6) is -1.85. The molecule has 1 N–H and O–H groups in total. The van der Waals surface area contributed by atoms with Gasteiger partial charge in [0.05, 0.1) is 14.2 Å². The molecular formula is C9H13NO5. The van der Waals surface area contributed by atoms with Crippen molar-refractivity contribution in [1.29, 1.82) is 0 Å². The van der Waals surface area contributed by atoms with Crippen LogP contribution in [0, 0.1) is 0 Å². The number of rotatable bonds is 4. The fourth-order valence-corrected chi connectivity index (χ4v) is 0.788. The van der Waals surface area contributed by atoms with Crippen molar-refractivity contribution in [3.05, 3.63) is 11.3 Å². The van der Waals surface area contributed by atoms with Crippen molar-refractivity contribution in [3.63, 3.8) is 0 Å². The highest BCUT2D eigenvalue weighted by molar-refractivity contribution is 6.10. The Labute approximate surface area is 87.2 Å². The molecule has 0 heterocycles. The lowest BCUT2D eigenvalue weighted by Crippen LogP contribution is -2.12. The van der Waals surface area contributed by atoms with Crippen LogP contribution >= 0.6 is 0 Å². The standard InChI is InChI=1S/C9H13NO5/c1-10-5-6(9(13)15-3)7(11)4-8(12)14-2/h5,11H,4H2,1-3H3/b7-6-,10-5?. The van der Waals surface area contributed by atoms with E-state index in [-0.39, 0.29) is 5.57 Å². The van der Waals surface area contributed by atoms with Crippen molar-refractivity contribution in [2.75, 3.05) is 21.3 Å². The van der Waals surface area contributed by atoms with E-state index in [9.17, 15) is 14.7 Å². The van der Waals surface area contributed by atoms with E-state index in [1.807, 2.05) is 0 Å². The highest BCUT2D eigenvalue weighted by Gasteiger charge is 2.16. The summed E-state index contributed by atoms with van der Waals surface area (Å²) in [4.78, 5) is 25.5. The van der Waals surface area contributed by atoms with Crippen molar-refractivity contribution in [2.24, 2.45) is 4.99 Å². The number of nitrogens with zero attached hydrogens (tertiary/aromatic N) is 1. The molecule has 0 aliphatic rings. The second-order valence-electron chi connectivity index (χ2n) is 2.49.